The molecule has 1 unspecified atom stereocenters. The zero-order valence-corrected chi connectivity index (χ0v) is 9.19. The van der Waals surface area contributed by atoms with E-state index >= 15 is 0 Å². The maximum absolute atomic E-state index is 12.3. The van der Waals surface area contributed by atoms with Crippen LogP contribution in [0.15, 0.2) is 34.7 Å². The van der Waals surface area contributed by atoms with E-state index in [9.17, 15) is 13.2 Å². The Balaban J connectivity index is 2.10. The van der Waals surface area contributed by atoms with E-state index in [1.807, 2.05) is 30.3 Å². The van der Waals surface area contributed by atoms with E-state index < -0.39 is 18.1 Å². The van der Waals surface area contributed by atoms with Crippen molar-refractivity contribution in [1.29, 1.82) is 0 Å². The van der Waals surface area contributed by atoms with E-state index in [4.69, 9.17) is 5.73 Å². The third kappa shape index (κ3) is 2.86. The number of alkyl halides is 3. The molecule has 1 aromatic carbocycles. The molecule has 1 atom stereocenters. The van der Waals surface area contributed by atoms with Crippen LogP contribution in [0.25, 0.3) is 0 Å². The minimum atomic E-state index is -4.64. The Hall–Kier alpha value is -1.89. The molecule has 1 aromatic heterocycles. The summed E-state index contributed by atoms with van der Waals surface area (Å²) in [5, 5.41) is 6.25. The molecule has 2 rings (SSSR count). The Kier molecular flexibility index (Phi) is 3.33. The van der Waals surface area contributed by atoms with Crippen molar-refractivity contribution in [3.8, 4) is 0 Å². The number of nitrogens with two attached hydrogens (primary N) is 1. The molecule has 0 saturated heterocycles. The third-order valence-electron chi connectivity index (χ3n) is 2.30. The zero-order valence-electron chi connectivity index (χ0n) is 9.19. The van der Waals surface area contributed by atoms with Crippen molar-refractivity contribution in [3.05, 3.63) is 47.7 Å². The number of aromatic nitrogens is 2. The molecule has 0 spiro atoms. The van der Waals surface area contributed by atoms with Gasteiger partial charge in [-0.2, -0.15) is 13.2 Å². The maximum Gasteiger partial charge on any atom is 0.470 e. The number of benzene rings is 1. The Labute approximate surface area is 101 Å². The first-order valence-corrected chi connectivity index (χ1v) is 5.17. The first kappa shape index (κ1) is 12.6. The number of hydrogen-bond donors (Lipinski definition) is 1. The van der Waals surface area contributed by atoms with Gasteiger partial charge in [0, 0.05) is 0 Å². The van der Waals surface area contributed by atoms with Gasteiger partial charge in [0.2, 0.25) is 5.89 Å². The highest BCUT2D eigenvalue weighted by molar-refractivity contribution is 5.16. The summed E-state index contributed by atoms with van der Waals surface area (Å²) in [6.07, 6.45) is -4.31. The molecule has 7 heteroatoms. The molecule has 0 radical (unpaired) electrons. The summed E-state index contributed by atoms with van der Waals surface area (Å²) in [5.74, 6) is -1.59. The van der Waals surface area contributed by atoms with Crippen molar-refractivity contribution in [2.45, 2.75) is 18.6 Å². The average molecular weight is 257 g/mol. The van der Waals surface area contributed by atoms with Crippen LogP contribution in [0.2, 0.25) is 0 Å². The molecule has 0 aliphatic rings. The molecule has 0 aliphatic heterocycles. The van der Waals surface area contributed by atoms with Gasteiger partial charge in [-0.15, -0.1) is 10.2 Å². The smallest absolute Gasteiger partial charge is 0.416 e. The Morgan fingerprint density at radius 3 is 2.39 bits per heavy atom. The van der Waals surface area contributed by atoms with Gasteiger partial charge in [0.15, 0.2) is 0 Å². The van der Waals surface area contributed by atoms with E-state index in [0.717, 1.165) is 5.56 Å². The molecule has 0 aliphatic carbocycles. The number of halogens is 3. The van der Waals surface area contributed by atoms with Gasteiger partial charge in [0.1, 0.15) is 0 Å². The van der Waals surface area contributed by atoms with E-state index in [0.29, 0.717) is 6.42 Å². The molecule has 2 aromatic rings. The maximum atomic E-state index is 12.3. The Morgan fingerprint density at radius 1 is 1.17 bits per heavy atom. The van der Waals surface area contributed by atoms with Crippen LogP contribution in [-0.2, 0) is 12.6 Å². The zero-order chi connectivity index (χ0) is 13.2. The van der Waals surface area contributed by atoms with Crippen LogP contribution in [0.5, 0.6) is 0 Å². The molecule has 0 fully saturated rings. The topological polar surface area (TPSA) is 64.9 Å². The summed E-state index contributed by atoms with van der Waals surface area (Å²) < 4.78 is 41.3. The van der Waals surface area contributed by atoms with Gasteiger partial charge in [-0.05, 0) is 12.0 Å². The lowest BCUT2D eigenvalue weighted by molar-refractivity contribution is -0.157. The fourth-order valence-electron chi connectivity index (χ4n) is 1.45. The average Bonchev–Trinajstić information content (AvgIpc) is 2.79. The van der Waals surface area contributed by atoms with Crippen LogP contribution < -0.4 is 5.73 Å². The number of nitrogens with zero attached hydrogens (tertiary/aromatic N) is 2. The van der Waals surface area contributed by atoms with Gasteiger partial charge in [0.05, 0.1) is 6.04 Å². The summed E-state index contributed by atoms with van der Waals surface area (Å²) in [6.45, 7) is 0. The highest BCUT2D eigenvalue weighted by Gasteiger charge is 2.38. The molecule has 2 N–H and O–H groups in total. The molecule has 18 heavy (non-hydrogen) atoms. The molecule has 1 heterocycles. The first-order chi connectivity index (χ1) is 8.47. The van der Waals surface area contributed by atoms with E-state index in [-0.39, 0.29) is 5.89 Å². The van der Waals surface area contributed by atoms with Crippen molar-refractivity contribution in [3.63, 3.8) is 0 Å². The molecule has 4 nitrogen and oxygen atoms in total. The van der Waals surface area contributed by atoms with Gasteiger partial charge in [-0.1, -0.05) is 30.3 Å². The molecule has 0 bridgehead atoms. The second kappa shape index (κ2) is 4.77. The van der Waals surface area contributed by atoms with Crippen molar-refractivity contribution in [2.75, 3.05) is 0 Å². The van der Waals surface area contributed by atoms with Gasteiger partial charge in [-0.3, -0.25) is 0 Å². The van der Waals surface area contributed by atoms with E-state index in [1.165, 1.54) is 0 Å². The predicted octanol–water partition coefficient (Wildman–Crippen LogP) is 2.33. The lowest BCUT2D eigenvalue weighted by Gasteiger charge is -2.06. The van der Waals surface area contributed by atoms with Crippen molar-refractivity contribution >= 4 is 0 Å². The van der Waals surface area contributed by atoms with Crippen LogP contribution in [0.3, 0.4) is 0 Å². The van der Waals surface area contributed by atoms with Gasteiger partial charge < -0.3 is 10.2 Å². The summed E-state index contributed by atoms with van der Waals surface area (Å²) in [4.78, 5) is 0. The van der Waals surface area contributed by atoms with Crippen LogP contribution in [-0.4, -0.2) is 10.2 Å². The lowest BCUT2D eigenvalue weighted by Crippen LogP contribution is -2.13. The Bertz CT molecular complexity index is 510. The second-order valence-electron chi connectivity index (χ2n) is 3.74. The normalized spacial score (nSPS) is 13.6. The molecular weight excluding hydrogens is 247 g/mol. The van der Waals surface area contributed by atoms with Crippen molar-refractivity contribution in [2.24, 2.45) is 5.73 Å². The lowest BCUT2D eigenvalue weighted by atomic mass is 10.1. The monoisotopic (exact) mass is 257 g/mol. The van der Waals surface area contributed by atoms with Crippen molar-refractivity contribution < 1.29 is 17.6 Å². The fraction of sp³-hybridized carbons (Fsp3) is 0.273. The number of rotatable bonds is 3. The summed E-state index contributed by atoms with van der Waals surface area (Å²) in [5.41, 5.74) is 6.61. The SMILES string of the molecule is NC(Cc1ccccc1)c1nnc(C(F)(F)F)o1. The minimum absolute atomic E-state index is 0.217. The van der Waals surface area contributed by atoms with Crippen LogP contribution in [0, 0.1) is 0 Å². The standard InChI is InChI=1S/C11H10F3N3O/c12-11(13,14)10-17-16-9(18-10)8(15)6-7-4-2-1-3-5-7/h1-5,8H,6,15H2. The highest BCUT2D eigenvalue weighted by atomic mass is 19.4. The number of hydrogen-bond acceptors (Lipinski definition) is 4. The first-order valence-electron chi connectivity index (χ1n) is 5.17. The van der Waals surface area contributed by atoms with Gasteiger partial charge in [0.25, 0.3) is 0 Å². The second-order valence-corrected chi connectivity index (χ2v) is 3.74. The van der Waals surface area contributed by atoms with Gasteiger partial charge >= 0.3 is 12.1 Å². The molecule has 0 amide bonds. The van der Waals surface area contributed by atoms with Crippen LogP contribution >= 0.6 is 0 Å². The Morgan fingerprint density at radius 2 is 1.83 bits per heavy atom. The molecule has 0 saturated carbocycles. The quantitative estimate of drug-likeness (QED) is 0.916. The molecule has 96 valence electrons. The minimum Gasteiger partial charge on any atom is -0.416 e. The van der Waals surface area contributed by atoms with Gasteiger partial charge in [-0.25, -0.2) is 0 Å². The highest BCUT2D eigenvalue weighted by Crippen LogP contribution is 2.29. The summed E-state index contributed by atoms with van der Waals surface area (Å²) >= 11 is 0. The van der Waals surface area contributed by atoms with Crippen LogP contribution in [0.4, 0.5) is 13.2 Å². The van der Waals surface area contributed by atoms with Crippen molar-refractivity contribution in [1.82, 2.24) is 10.2 Å². The van der Waals surface area contributed by atoms with E-state index in [1.54, 1.807) is 0 Å². The fourth-order valence-corrected chi connectivity index (χ4v) is 1.45. The van der Waals surface area contributed by atoms with Crippen LogP contribution in [0.1, 0.15) is 23.4 Å². The summed E-state index contributed by atoms with van der Waals surface area (Å²) in [6, 6.07) is 8.36. The van der Waals surface area contributed by atoms with E-state index in [2.05, 4.69) is 14.6 Å². The molecular formula is C11H10F3N3O. The summed E-state index contributed by atoms with van der Waals surface area (Å²) in [7, 11) is 0. The predicted molar refractivity (Wildman–Crippen MR) is 56.4 cm³/mol. The largest absolute Gasteiger partial charge is 0.470 e. The third-order valence-corrected chi connectivity index (χ3v) is 2.30.